The lowest BCUT2D eigenvalue weighted by Crippen LogP contribution is -2.40. The summed E-state index contributed by atoms with van der Waals surface area (Å²) in [5, 5.41) is 4.95. The first-order valence-electron chi connectivity index (χ1n) is 18.2. The maximum Gasteiger partial charge on any atom is 0.176 e. The molecule has 0 amide bonds. The van der Waals surface area contributed by atoms with Gasteiger partial charge < -0.3 is 10.2 Å². The molecule has 6 heteroatoms. The molecule has 260 valence electrons. The van der Waals surface area contributed by atoms with Gasteiger partial charge in [-0.15, -0.1) is 0 Å². The summed E-state index contributed by atoms with van der Waals surface area (Å²) in [5.41, 5.74) is 4.95. The molecule has 2 fully saturated rings. The van der Waals surface area contributed by atoms with Crippen molar-refractivity contribution in [3.63, 3.8) is 0 Å². The van der Waals surface area contributed by atoms with Crippen LogP contribution in [0.25, 0.3) is 0 Å². The highest BCUT2D eigenvalue weighted by molar-refractivity contribution is 6.30. The second-order valence-corrected chi connectivity index (χ2v) is 14.8. The van der Waals surface area contributed by atoms with E-state index in [0.29, 0.717) is 23.5 Å². The van der Waals surface area contributed by atoms with Gasteiger partial charge in [0.1, 0.15) is 0 Å². The lowest BCUT2D eigenvalue weighted by atomic mass is 9.91. The number of aryl methyl sites for hydroxylation is 2. The van der Waals surface area contributed by atoms with Gasteiger partial charge in [0, 0.05) is 41.3 Å². The topological polar surface area (TPSA) is 35.6 Å². The number of halogens is 2. The van der Waals surface area contributed by atoms with Gasteiger partial charge in [-0.3, -0.25) is 9.69 Å². The van der Waals surface area contributed by atoms with Gasteiger partial charge in [0.05, 0.1) is 6.54 Å². The summed E-state index contributed by atoms with van der Waals surface area (Å²) < 4.78 is 0. The summed E-state index contributed by atoms with van der Waals surface area (Å²) in [4.78, 5) is 17.4. The van der Waals surface area contributed by atoms with Gasteiger partial charge in [0.25, 0.3) is 0 Å². The number of ketones is 1. The Bertz CT molecular complexity index is 1510. The van der Waals surface area contributed by atoms with Crippen LogP contribution in [0.1, 0.15) is 71.6 Å². The zero-order chi connectivity index (χ0) is 34.3. The van der Waals surface area contributed by atoms with Gasteiger partial charge in [0.15, 0.2) is 5.78 Å². The molecule has 2 saturated heterocycles. The van der Waals surface area contributed by atoms with Crippen molar-refractivity contribution < 1.29 is 4.79 Å². The van der Waals surface area contributed by atoms with Crippen molar-refractivity contribution >= 4 is 29.0 Å². The molecule has 0 radical (unpaired) electrons. The molecule has 1 unspecified atom stereocenters. The van der Waals surface area contributed by atoms with Gasteiger partial charge in [-0.1, -0.05) is 96.0 Å². The number of benzene rings is 4. The van der Waals surface area contributed by atoms with E-state index < -0.39 is 0 Å². The van der Waals surface area contributed by atoms with Gasteiger partial charge in [-0.25, -0.2) is 0 Å². The van der Waals surface area contributed by atoms with Gasteiger partial charge >= 0.3 is 0 Å². The standard InChI is InChI=1S/C22H29ClN2.C21H24ClNO/c1-24-22(20-11-13-21(23)14-12-20)17-25-15-5-8-19(16-25)10-9-18-6-3-2-4-7-18;22-20-12-10-19(11-13-20)21(24)16-23-14-4-7-18(15-23)9-8-17-5-2-1-3-6-17/h2-4,6-7,11-14,19,22,24H,5,8-10,15-17H2,1H3;1-3,5-6,10-13,18H,4,7-9,14-16H2/t19-,22?;18-/m00/s1. The number of hydrogen-bond acceptors (Lipinski definition) is 4. The monoisotopic (exact) mass is 697 g/mol. The summed E-state index contributed by atoms with van der Waals surface area (Å²) in [7, 11) is 2.05. The van der Waals surface area contributed by atoms with Crippen molar-refractivity contribution in [3.8, 4) is 0 Å². The second kappa shape index (κ2) is 20.0. The Balaban J connectivity index is 0.000000191. The molecule has 2 heterocycles. The number of piperidine rings is 2. The molecule has 0 aromatic heterocycles. The Morgan fingerprint density at radius 1 is 0.694 bits per heavy atom. The Morgan fingerprint density at radius 2 is 1.18 bits per heavy atom. The molecule has 0 spiro atoms. The molecule has 3 atom stereocenters. The van der Waals surface area contributed by atoms with Crippen LogP contribution in [-0.2, 0) is 12.8 Å². The summed E-state index contributed by atoms with van der Waals surface area (Å²) in [6.07, 6.45) is 9.98. The molecular formula is C43H53Cl2N3O. The molecule has 2 aliphatic rings. The summed E-state index contributed by atoms with van der Waals surface area (Å²) in [6, 6.07) is 37.4. The number of carbonyl (C=O) groups excluding carboxylic acids is 1. The van der Waals surface area contributed by atoms with Crippen LogP contribution in [0.4, 0.5) is 0 Å². The second-order valence-electron chi connectivity index (χ2n) is 13.9. The third kappa shape index (κ3) is 12.7. The molecule has 49 heavy (non-hydrogen) atoms. The lowest BCUT2D eigenvalue weighted by Gasteiger charge is -2.35. The number of hydrogen-bond donors (Lipinski definition) is 1. The van der Waals surface area contributed by atoms with E-state index in [1.807, 2.05) is 24.3 Å². The highest BCUT2D eigenvalue weighted by Gasteiger charge is 2.23. The van der Waals surface area contributed by atoms with Crippen molar-refractivity contribution in [3.05, 3.63) is 141 Å². The molecule has 0 bridgehead atoms. The molecular weight excluding hydrogens is 645 g/mol. The third-order valence-electron chi connectivity index (χ3n) is 10.2. The first-order chi connectivity index (χ1) is 23.9. The van der Waals surface area contributed by atoms with E-state index in [1.165, 1.54) is 74.7 Å². The van der Waals surface area contributed by atoms with Crippen molar-refractivity contribution in [2.24, 2.45) is 11.8 Å². The minimum absolute atomic E-state index is 0.190. The molecule has 1 N–H and O–H groups in total. The van der Waals surface area contributed by atoms with Crippen molar-refractivity contribution in [1.29, 1.82) is 0 Å². The fourth-order valence-electron chi connectivity index (χ4n) is 7.36. The normalized spacial score (nSPS) is 19.1. The van der Waals surface area contributed by atoms with Crippen LogP contribution in [0.15, 0.2) is 109 Å². The maximum absolute atomic E-state index is 12.4. The van der Waals surface area contributed by atoms with Crippen LogP contribution in [0.5, 0.6) is 0 Å². The van der Waals surface area contributed by atoms with Gasteiger partial charge in [-0.2, -0.15) is 0 Å². The summed E-state index contributed by atoms with van der Waals surface area (Å²) in [5.74, 6) is 1.70. The van der Waals surface area contributed by atoms with Crippen molar-refractivity contribution in [2.45, 2.75) is 57.4 Å². The van der Waals surface area contributed by atoms with E-state index in [2.05, 4.69) is 95.0 Å². The average Bonchev–Trinajstić information content (AvgIpc) is 3.14. The van der Waals surface area contributed by atoms with Crippen molar-refractivity contribution in [2.75, 3.05) is 46.3 Å². The zero-order valence-electron chi connectivity index (χ0n) is 29.1. The Labute approximate surface area is 304 Å². The van der Waals surface area contributed by atoms with E-state index in [1.54, 1.807) is 12.1 Å². The van der Waals surface area contributed by atoms with Crippen LogP contribution in [-0.4, -0.2) is 61.9 Å². The van der Waals surface area contributed by atoms with Gasteiger partial charge in [0.2, 0.25) is 0 Å². The average molecular weight is 699 g/mol. The minimum Gasteiger partial charge on any atom is -0.312 e. The largest absolute Gasteiger partial charge is 0.312 e. The number of nitrogens with one attached hydrogen (secondary N) is 1. The zero-order valence-corrected chi connectivity index (χ0v) is 30.6. The third-order valence-corrected chi connectivity index (χ3v) is 10.7. The highest BCUT2D eigenvalue weighted by Crippen LogP contribution is 2.25. The molecule has 4 nitrogen and oxygen atoms in total. The van der Waals surface area contributed by atoms with E-state index >= 15 is 0 Å². The number of likely N-dealkylation sites (N-methyl/N-ethyl adjacent to an activating group) is 1. The Kier molecular flexibility index (Phi) is 15.2. The lowest BCUT2D eigenvalue weighted by molar-refractivity contribution is 0.0882. The summed E-state index contributed by atoms with van der Waals surface area (Å²) in [6.45, 7) is 6.09. The van der Waals surface area contributed by atoms with Crippen LogP contribution >= 0.6 is 23.2 Å². The predicted octanol–water partition coefficient (Wildman–Crippen LogP) is 9.81. The van der Waals surface area contributed by atoms with E-state index in [9.17, 15) is 4.79 Å². The molecule has 0 aliphatic carbocycles. The fraction of sp³-hybridized carbons (Fsp3) is 0.419. The number of likely N-dealkylation sites (tertiary alicyclic amines) is 2. The van der Waals surface area contributed by atoms with E-state index in [0.717, 1.165) is 42.6 Å². The quantitative estimate of drug-likeness (QED) is 0.141. The van der Waals surface area contributed by atoms with Crippen molar-refractivity contribution in [1.82, 2.24) is 15.1 Å². The molecule has 2 aliphatic heterocycles. The van der Waals surface area contributed by atoms with E-state index in [-0.39, 0.29) is 5.78 Å². The Hall–Kier alpha value is -2.99. The van der Waals surface area contributed by atoms with E-state index in [4.69, 9.17) is 23.2 Å². The van der Waals surface area contributed by atoms with Crippen LogP contribution in [0.2, 0.25) is 10.0 Å². The maximum atomic E-state index is 12.4. The number of nitrogens with zero attached hydrogens (tertiary/aromatic N) is 2. The number of Topliss-reactive ketones (excluding diaryl/α,β-unsaturated/α-hetero) is 1. The first-order valence-corrected chi connectivity index (χ1v) is 18.9. The van der Waals surface area contributed by atoms with Crippen LogP contribution < -0.4 is 5.32 Å². The minimum atomic E-state index is 0.190. The fourth-order valence-corrected chi connectivity index (χ4v) is 7.61. The Morgan fingerprint density at radius 3 is 1.71 bits per heavy atom. The SMILES string of the molecule is CNC(CN1CCC[C@@H](CCc2ccccc2)C1)c1ccc(Cl)cc1.O=C(CN1CCC[C@@H](CCc2ccccc2)C1)c1ccc(Cl)cc1. The molecule has 0 saturated carbocycles. The van der Waals surface area contributed by atoms with Gasteiger partial charge in [-0.05, 0) is 136 Å². The van der Waals surface area contributed by atoms with Crippen LogP contribution in [0, 0.1) is 11.8 Å². The highest BCUT2D eigenvalue weighted by atomic mass is 35.5. The van der Waals surface area contributed by atoms with Crippen LogP contribution in [0.3, 0.4) is 0 Å². The number of rotatable bonds is 13. The predicted molar refractivity (Wildman–Crippen MR) is 207 cm³/mol. The summed E-state index contributed by atoms with van der Waals surface area (Å²) >= 11 is 11.9. The number of carbonyl (C=O) groups is 1. The molecule has 4 aromatic carbocycles. The first kappa shape index (κ1) is 37.3. The smallest absolute Gasteiger partial charge is 0.176 e. The molecule has 6 rings (SSSR count). The molecule has 4 aromatic rings.